The van der Waals surface area contributed by atoms with Gasteiger partial charge in [-0.3, -0.25) is 19.6 Å². The van der Waals surface area contributed by atoms with Gasteiger partial charge in [-0.15, -0.1) is 0 Å². The lowest BCUT2D eigenvalue weighted by atomic mass is 9.99. The van der Waals surface area contributed by atoms with E-state index in [1.54, 1.807) is 0 Å². The maximum absolute atomic E-state index is 13.1. The Morgan fingerprint density at radius 2 is 2.21 bits per heavy atom. The molecule has 3 amide bonds. The quantitative estimate of drug-likeness (QED) is 0.294. The van der Waals surface area contributed by atoms with Crippen molar-refractivity contribution in [2.45, 2.75) is 45.1 Å². The molecule has 1 aromatic rings. The molecular formula is C18H25FN4O5. The van der Waals surface area contributed by atoms with E-state index in [2.05, 4.69) is 4.99 Å². The van der Waals surface area contributed by atoms with Crippen molar-refractivity contribution in [1.82, 2.24) is 14.7 Å². The molecule has 1 aromatic heterocycles. The topological polar surface area (TPSA) is 115 Å². The van der Waals surface area contributed by atoms with Crippen molar-refractivity contribution in [3.8, 4) is 0 Å². The standard InChI is InChI=1S/C18H25FN4O5/c1-2-3-5-13(10-21(27)12-24)18(26)22-9-4-6-15(22)17(25)20-16-8-7-14(19)11-23(16)28/h7-8,11-13,15,27-28H,2-6,9-10H2,1H3. The number of hydrogen-bond donors (Lipinski definition) is 2. The summed E-state index contributed by atoms with van der Waals surface area (Å²) in [6.45, 7) is 2.18. The van der Waals surface area contributed by atoms with Gasteiger partial charge in [0.2, 0.25) is 12.3 Å². The second kappa shape index (κ2) is 9.98. The van der Waals surface area contributed by atoms with E-state index in [-0.39, 0.29) is 24.3 Å². The van der Waals surface area contributed by atoms with Crippen LogP contribution in [0.4, 0.5) is 4.39 Å². The minimum atomic E-state index is -0.801. The van der Waals surface area contributed by atoms with Gasteiger partial charge in [-0.1, -0.05) is 19.8 Å². The first kappa shape index (κ1) is 21.5. The third-order valence-corrected chi connectivity index (χ3v) is 4.70. The minimum absolute atomic E-state index is 0.143. The average molecular weight is 396 g/mol. The Hall–Kier alpha value is -2.75. The van der Waals surface area contributed by atoms with Crippen LogP contribution < -0.4 is 5.49 Å². The van der Waals surface area contributed by atoms with Crippen LogP contribution in [0.5, 0.6) is 0 Å². The number of nitrogens with zero attached hydrogens (tertiary/aromatic N) is 4. The van der Waals surface area contributed by atoms with Gasteiger partial charge in [-0.05, 0) is 31.4 Å². The molecule has 2 N–H and O–H groups in total. The Morgan fingerprint density at radius 3 is 2.86 bits per heavy atom. The van der Waals surface area contributed by atoms with Crippen LogP contribution in [0.25, 0.3) is 0 Å². The van der Waals surface area contributed by atoms with Crippen molar-refractivity contribution in [2.75, 3.05) is 13.1 Å². The molecule has 0 radical (unpaired) electrons. The van der Waals surface area contributed by atoms with Gasteiger partial charge >= 0.3 is 0 Å². The maximum atomic E-state index is 13.1. The minimum Gasteiger partial charge on any atom is -0.427 e. The summed E-state index contributed by atoms with van der Waals surface area (Å²) in [4.78, 5) is 41.5. The van der Waals surface area contributed by atoms with Crippen LogP contribution >= 0.6 is 0 Å². The lowest BCUT2D eigenvalue weighted by Gasteiger charge is -2.28. The molecule has 154 valence electrons. The molecule has 1 aliphatic heterocycles. The Balaban J connectivity index is 2.20. The molecule has 2 unspecified atom stereocenters. The van der Waals surface area contributed by atoms with Gasteiger partial charge in [0.15, 0.2) is 5.49 Å². The van der Waals surface area contributed by atoms with Gasteiger partial charge in [0.05, 0.1) is 18.7 Å². The molecule has 9 nitrogen and oxygen atoms in total. The molecule has 0 bridgehead atoms. The van der Waals surface area contributed by atoms with Gasteiger partial charge in [0.1, 0.15) is 11.9 Å². The fourth-order valence-corrected chi connectivity index (χ4v) is 3.27. The summed E-state index contributed by atoms with van der Waals surface area (Å²) in [5, 5.41) is 19.6. The van der Waals surface area contributed by atoms with E-state index in [4.69, 9.17) is 0 Å². The Labute approximate surface area is 161 Å². The highest BCUT2D eigenvalue weighted by Gasteiger charge is 2.37. The van der Waals surface area contributed by atoms with E-state index in [9.17, 15) is 29.2 Å². The van der Waals surface area contributed by atoms with Gasteiger partial charge in [0.25, 0.3) is 5.91 Å². The first-order chi connectivity index (χ1) is 13.4. The lowest BCUT2D eigenvalue weighted by molar-refractivity contribution is -0.157. The van der Waals surface area contributed by atoms with Crippen molar-refractivity contribution in [1.29, 1.82) is 0 Å². The van der Waals surface area contributed by atoms with E-state index in [1.807, 2.05) is 6.92 Å². The average Bonchev–Trinajstić information content (AvgIpc) is 3.16. The Bertz CT molecular complexity index is 781. The van der Waals surface area contributed by atoms with Crippen molar-refractivity contribution in [3.63, 3.8) is 0 Å². The second-order valence-corrected chi connectivity index (χ2v) is 6.76. The van der Waals surface area contributed by atoms with E-state index in [0.29, 0.717) is 35.6 Å². The highest BCUT2D eigenvalue weighted by molar-refractivity contribution is 5.89. The summed E-state index contributed by atoms with van der Waals surface area (Å²) in [6, 6.07) is 1.42. The smallest absolute Gasteiger partial charge is 0.270 e. The maximum Gasteiger partial charge on any atom is 0.270 e. The van der Waals surface area contributed by atoms with Gasteiger partial charge in [-0.25, -0.2) is 9.45 Å². The number of hydrogen-bond acceptors (Lipinski definition) is 5. The predicted molar refractivity (Wildman–Crippen MR) is 94.5 cm³/mol. The molecule has 1 fully saturated rings. The highest BCUT2D eigenvalue weighted by Crippen LogP contribution is 2.23. The monoisotopic (exact) mass is 396 g/mol. The zero-order valence-electron chi connectivity index (χ0n) is 15.7. The first-order valence-corrected chi connectivity index (χ1v) is 9.24. The summed E-state index contributed by atoms with van der Waals surface area (Å²) in [7, 11) is 0. The Kier molecular flexibility index (Phi) is 7.68. The Morgan fingerprint density at radius 1 is 1.46 bits per heavy atom. The molecule has 0 aliphatic carbocycles. The summed E-state index contributed by atoms with van der Waals surface area (Å²) in [5.41, 5.74) is -0.143. The highest BCUT2D eigenvalue weighted by atomic mass is 19.1. The van der Waals surface area contributed by atoms with Crippen LogP contribution in [0.3, 0.4) is 0 Å². The van der Waals surface area contributed by atoms with E-state index in [0.717, 1.165) is 31.2 Å². The van der Waals surface area contributed by atoms with Crippen molar-refractivity contribution >= 4 is 18.2 Å². The molecule has 0 saturated carbocycles. The molecular weight excluding hydrogens is 371 g/mol. The molecule has 0 spiro atoms. The number of amides is 3. The molecule has 2 atom stereocenters. The van der Waals surface area contributed by atoms with Gasteiger partial charge in [-0.2, -0.15) is 9.72 Å². The summed E-state index contributed by atoms with van der Waals surface area (Å²) in [5.74, 6) is -2.26. The number of halogens is 1. The normalized spacial score (nSPS) is 18.2. The van der Waals surface area contributed by atoms with Crippen molar-refractivity contribution < 1.29 is 29.2 Å². The van der Waals surface area contributed by atoms with Gasteiger partial charge < -0.3 is 10.1 Å². The third kappa shape index (κ3) is 5.38. The number of pyridine rings is 1. The van der Waals surface area contributed by atoms with Crippen LogP contribution in [0.15, 0.2) is 23.3 Å². The van der Waals surface area contributed by atoms with Gasteiger partial charge in [0, 0.05) is 6.54 Å². The van der Waals surface area contributed by atoms with Crippen LogP contribution in [0, 0.1) is 11.7 Å². The molecule has 0 aromatic carbocycles. The fraction of sp³-hybridized carbons (Fsp3) is 0.556. The lowest BCUT2D eigenvalue weighted by Crippen LogP contribution is -2.46. The predicted octanol–water partition coefficient (Wildman–Crippen LogP) is 0.937. The zero-order chi connectivity index (χ0) is 20.7. The first-order valence-electron chi connectivity index (χ1n) is 9.24. The van der Waals surface area contributed by atoms with E-state index < -0.39 is 23.7 Å². The number of unbranched alkanes of at least 4 members (excludes halogenated alkanes) is 1. The van der Waals surface area contributed by atoms with E-state index >= 15 is 0 Å². The zero-order valence-corrected chi connectivity index (χ0v) is 15.7. The second-order valence-electron chi connectivity index (χ2n) is 6.76. The van der Waals surface area contributed by atoms with Crippen LogP contribution in [0.2, 0.25) is 0 Å². The number of aromatic nitrogens is 1. The number of likely N-dealkylation sites (tertiary alicyclic amines) is 1. The van der Waals surface area contributed by atoms with E-state index in [1.165, 1.54) is 4.90 Å². The summed E-state index contributed by atoms with van der Waals surface area (Å²) < 4.78 is 13.5. The number of carbonyl (C=O) groups is 3. The molecule has 28 heavy (non-hydrogen) atoms. The number of rotatable bonds is 8. The van der Waals surface area contributed by atoms with Crippen molar-refractivity contribution in [2.24, 2.45) is 10.9 Å². The van der Waals surface area contributed by atoms with Crippen LogP contribution in [-0.4, -0.2) is 62.5 Å². The number of carbonyl (C=O) groups excluding carboxylic acids is 3. The molecule has 10 heteroatoms. The molecule has 2 heterocycles. The fourth-order valence-electron chi connectivity index (χ4n) is 3.27. The largest absolute Gasteiger partial charge is 0.427 e. The van der Waals surface area contributed by atoms with Crippen LogP contribution in [-0.2, 0) is 14.4 Å². The molecule has 1 aliphatic rings. The summed E-state index contributed by atoms with van der Waals surface area (Å²) in [6.07, 6.45) is 4.09. The molecule has 1 saturated heterocycles. The van der Waals surface area contributed by atoms with Crippen molar-refractivity contribution in [3.05, 3.63) is 29.6 Å². The van der Waals surface area contributed by atoms with Crippen LogP contribution in [0.1, 0.15) is 39.0 Å². The SMILES string of the molecule is CCCCC(CN(O)C=O)C(=O)N1CCCC1C(=O)N=c1ccc(F)cn1O. The molecule has 2 rings (SSSR count). The summed E-state index contributed by atoms with van der Waals surface area (Å²) >= 11 is 0. The number of hydroxylamine groups is 2. The third-order valence-electron chi connectivity index (χ3n) is 4.70.